The summed E-state index contributed by atoms with van der Waals surface area (Å²) in [5.74, 6) is 0.176. The molecule has 116 valence electrons. The van der Waals surface area contributed by atoms with Crippen molar-refractivity contribution >= 4 is 23.2 Å². The van der Waals surface area contributed by atoms with E-state index in [9.17, 15) is 4.79 Å². The van der Waals surface area contributed by atoms with Crippen LogP contribution in [0, 0.1) is 5.92 Å². The molecule has 1 aliphatic rings. The molecule has 3 N–H and O–H groups in total. The zero-order valence-corrected chi connectivity index (χ0v) is 13.5. The van der Waals surface area contributed by atoms with Gasteiger partial charge in [-0.1, -0.05) is 11.6 Å². The third-order valence-electron chi connectivity index (χ3n) is 4.01. The molecule has 1 atom stereocenters. The van der Waals surface area contributed by atoms with Crippen molar-refractivity contribution in [1.29, 1.82) is 0 Å². The van der Waals surface area contributed by atoms with Crippen LogP contribution < -0.4 is 16.0 Å². The molecule has 1 unspecified atom stereocenters. The Labute approximate surface area is 131 Å². The Morgan fingerprint density at radius 3 is 2.86 bits per heavy atom. The zero-order valence-electron chi connectivity index (χ0n) is 12.7. The lowest BCUT2D eigenvalue weighted by Gasteiger charge is -2.35. The molecule has 0 saturated carbocycles. The number of benzene rings is 1. The van der Waals surface area contributed by atoms with Crippen LogP contribution in [-0.2, 0) is 0 Å². The van der Waals surface area contributed by atoms with Gasteiger partial charge >= 0.3 is 0 Å². The van der Waals surface area contributed by atoms with Gasteiger partial charge in [0.25, 0.3) is 5.91 Å². The van der Waals surface area contributed by atoms with Crippen molar-refractivity contribution in [3.8, 4) is 0 Å². The first-order valence-electron chi connectivity index (χ1n) is 7.55. The number of primary amides is 1. The second kappa shape index (κ2) is 7.14. The summed E-state index contributed by atoms with van der Waals surface area (Å²) < 4.78 is 0. The van der Waals surface area contributed by atoms with E-state index in [1.165, 1.54) is 12.8 Å². The Morgan fingerprint density at radius 1 is 1.52 bits per heavy atom. The van der Waals surface area contributed by atoms with Gasteiger partial charge in [0, 0.05) is 17.6 Å². The maximum atomic E-state index is 11.7. The molecule has 4 nitrogen and oxygen atoms in total. The summed E-state index contributed by atoms with van der Waals surface area (Å²) in [7, 11) is 0. The minimum absolute atomic E-state index is 0.281. The summed E-state index contributed by atoms with van der Waals surface area (Å²) in [5, 5.41) is 4.06. The Kier molecular flexibility index (Phi) is 5.48. The monoisotopic (exact) mass is 309 g/mol. The van der Waals surface area contributed by atoms with Gasteiger partial charge in [-0.15, -0.1) is 0 Å². The van der Waals surface area contributed by atoms with Crippen LogP contribution in [0.5, 0.6) is 0 Å². The van der Waals surface area contributed by atoms with Gasteiger partial charge in [0.2, 0.25) is 0 Å². The van der Waals surface area contributed by atoms with E-state index in [-0.39, 0.29) is 6.04 Å². The molecule has 5 heteroatoms. The molecule has 0 bridgehead atoms. The number of amides is 1. The van der Waals surface area contributed by atoms with E-state index >= 15 is 0 Å². The number of piperidine rings is 1. The molecule has 1 amide bonds. The summed E-state index contributed by atoms with van der Waals surface area (Å²) >= 11 is 6.12. The van der Waals surface area contributed by atoms with Crippen molar-refractivity contribution in [1.82, 2.24) is 5.32 Å². The van der Waals surface area contributed by atoms with E-state index in [0.29, 0.717) is 16.5 Å². The number of anilines is 1. The first-order chi connectivity index (χ1) is 9.99. The second-order valence-corrected chi connectivity index (χ2v) is 6.42. The lowest BCUT2D eigenvalue weighted by molar-refractivity contribution is 0.100. The zero-order chi connectivity index (χ0) is 15.4. The van der Waals surface area contributed by atoms with Gasteiger partial charge < -0.3 is 16.0 Å². The number of nitrogens with two attached hydrogens (primary N) is 1. The summed E-state index contributed by atoms with van der Waals surface area (Å²) in [4.78, 5) is 13.9. The standard InChI is InChI=1S/C16H24ClN3O/c1-11(2)20(10-12-4-3-7-19-9-12)15-8-13(17)5-6-14(15)16(18)21/h5-6,8,11-12,19H,3-4,7,9-10H2,1-2H3,(H2,18,21). The van der Waals surface area contributed by atoms with Gasteiger partial charge in [-0.25, -0.2) is 0 Å². The average Bonchev–Trinajstić information content (AvgIpc) is 2.45. The Hall–Kier alpha value is -1.26. The topological polar surface area (TPSA) is 58.4 Å². The highest BCUT2D eigenvalue weighted by atomic mass is 35.5. The van der Waals surface area contributed by atoms with Crippen LogP contribution >= 0.6 is 11.6 Å². The number of rotatable bonds is 5. The molecule has 0 aromatic heterocycles. The van der Waals surface area contributed by atoms with Crippen molar-refractivity contribution in [3.63, 3.8) is 0 Å². The van der Waals surface area contributed by atoms with Crippen molar-refractivity contribution in [2.75, 3.05) is 24.5 Å². The summed E-state index contributed by atoms with van der Waals surface area (Å²) in [6.07, 6.45) is 2.41. The van der Waals surface area contributed by atoms with Gasteiger partial charge in [0.1, 0.15) is 0 Å². The molecule has 21 heavy (non-hydrogen) atoms. The van der Waals surface area contributed by atoms with Gasteiger partial charge in [-0.3, -0.25) is 4.79 Å². The van der Waals surface area contributed by atoms with Gasteiger partial charge in [-0.05, 0) is 63.9 Å². The fourth-order valence-electron chi connectivity index (χ4n) is 2.90. The smallest absolute Gasteiger partial charge is 0.250 e. The molecular formula is C16H24ClN3O. The van der Waals surface area contributed by atoms with E-state index < -0.39 is 5.91 Å². The molecule has 1 aromatic carbocycles. The van der Waals surface area contributed by atoms with Crippen LogP contribution in [0.15, 0.2) is 18.2 Å². The molecule has 2 rings (SSSR count). The molecule has 1 aromatic rings. The minimum atomic E-state index is -0.408. The quantitative estimate of drug-likeness (QED) is 0.879. The summed E-state index contributed by atoms with van der Waals surface area (Å²) in [6, 6.07) is 5.56. The number of halogens is 1. The first kappa shape index (κ1) is 16.1. The molecule has 1 fully saturated rings. The van der Waals surface area contributed by atoms with E-state index in [0.717, 1.165) is 25.3 Å². The number of hydrogen-bond acceptors (Lipinski definition) is 3. The molecule has 0 spiro atoms. The SMILES string of the molecule is CC(C)N(CC1CCCNC1)c1cc(Cl)ccc1C(N)=O. The number of nitrogens with one attached hydrogen (secondary N) is 1. The van der Waals surface area contributed by atoms with Crippen LogP contribution in [0.25, 0.3) is 0 Å². The van der Waals surface area contributed by atoms with E-state index in [4.69, 9.17) is 17.3 Å². The fourth-order valence-corrected chi connectivity index (χ4v) is 3.06. The van der Waals surface area contributed by atoms with E-state index in [2.05, 4.69) is 24.1 Å². The molecule has 0 radical (unpaired) electrons. The third kappa shape index (κ3) is 4.11. The van der Waals surface area contributed by atoms with Crippen molar-refractivity contribution in [3.05, 3.63) is 28.8 Å². The maximum Gasteiger partial charge on any atom is 0.250 e. The number of carbonyl (C=O) groups is 1. The predicted octanol–water partition coefficient (Wildman–Crippen LogP) is 2.65. The second-order valence-electron chi connectivity index (χ2n) is 5.98. The van der Waals surface area contributed by atoms with Crippen LogP contribution in [0.1, 0.15) is 37.0 Å². The highest BCUT2D eigenvalue weighted by molar-refractivity contribution is 6.31. The number of nitrogens with zero attached hydrogens (tertiary/aromatic N) is 1. The van der Waals surface area contributed by atoms with Crippen LogP contribution in [-0.4, -0.2) is 31.6 Å². The molecule has 1 saturated heterocycles. The third-order valence-corrected chi connectivity index (χ3v) is 4.25. The summed E-state index contributed by atoms with van der Waals surface area (Å²) in [5.41, 5.74) is 6.90. The highest BCUT2D eigenvalue weighted by Gasteiger charge is 2.22. The van der Waals surface area contributed by atoms with Crippen LogP contribution in [0.3, 0.4) is 0 Å². The normalized spacial score (nSPS) is 18.8. The van der Waals surface area contributed by atoms with Crippen molar-refractivity contribution < 1.29 is 4.79 Å². The highest BCUT2D eigenvalue weighted by Crippen LogP contribution is 2.28. The molecule has 1 heterocycles. The lowest BCUT2D eigenvalue weighted by Crippen LogP contribution is -2.42. The van der Waals surface area contributed by atoms with E-state index in [1.54, 1.807) is 12.1 Å². The Bertz CT molecular complexity index is 498. The van der Waals surface area contributed by atoms with Gasteiger partial charge in [-0.2, -0.15) is 0 Å². The van der Waals surface area contributed by atoms with Gasteiger partial charge in [0.05, 0.1) is 11.3 Å². The fraction of sp³-hybridized carbons (Fsp3) is 0.562. The minimum Gasteiger partial charge on any atom is -0.368 e. The largest absolute Gasteiger partial charge is 0.368 e. The van der Waals surface area contributed by atoms with Crippen LogP contribution in [0.4, 0.5) is 5.69 Å². The Morgan fingerprint density at radius 2 is 2.29 bits per heavy atom. The lowest BCUT2D eigenvalue weighted by atomic mass is 9.97. The Balaban J connectivity index is 2.28. The average molecular weight is 310 g/mol. The maximum absolute atomic E-state index is 11.7. The molecule has 0 aliphatic carbocycles. The van der Waals surface area contributed by atoms with Crippen molar-refractivity contribution in [2.24, 2.45) is 11.7 Å². The first-order valence-corrected chi connectivity index (χ1v) is 7.93. The predicted molar refractivity (Wildman–Crippen MR) is 88.0 cm³/mol. The van der Waals surface area contributed by atoms with Gasteiger partial charge in [0.15, 0.2) is 0 Å². The molecular weight excluding hydrogens is 286 g/mol. The number of carbonyl (C=O) groups excluding carboxylic acids is 1. The van der Waals surface area contributed by atoms with Crippen LogP contribution in [0.2, 0.25) is 5.02 Å². The number of hydrogen-bond donors (Lipinski definition) is 2. The summed E-state index contributed by atoms with van der Waals surface area (Å²) in [6.45, 7) is 7.28. The van der Waals surface area contributed by atoms with Crippen molar-refractivity contribution in [2.45, 2.75) is 32.7 Å². The molecule has 1 aliphatic heterocycles. The van der Waals surface area contributed by atoms with E-state index in [1.807, 2.05) is 6.07 Å².